The molecule has 0 N–H and O–H groups in total. The van der Waals surface area contributed by atoms with Crippen molar-refractivity contribution in [2.45, 2.75) is 12.2 Å². The number of rotatable bonds is 2. The van der Waals surface area contributed by atoms with E-state index in [1.54, 1.807) is 0 Å². The summed E-state index contributed by atoms with van der Waals surface area (Å²) in [6, 6.07) is 0.965. The van der Waals surface area contributed by atoms with E-state index in [2.05, 4.69) is 9.72 Å². The molecule has 0 bridgehead atoms. The number of ether oxygens (including phenoxy) is 1. The summed E-state index contributed by atoms with van der Waals surface area (Å²) in [6.45, 7) is 0. The van der Waals surface area contributed by atoms with Gasteiger partial charge in [0.2, 0.25) is 5.88 Å². The fraction of sp³-hybridized carbons (Fsp3) is 0.286. The van der Waals surface area contributed by atoms with Crippen molar-refractivity contribution in [2.75, 3.05) is 0 Å². The minimum atomic E-state index is -4.77. The molecule has 1 heterocycles. The molecule has 14 heavy (non-hydrogen) atoms. The van der Waals surface area contributed by atoms with E-state index in [4.69, 9.17) is 23.2 Å². The molecule has 0 fully saturated rings. The van der Waals surface area contributed by atoms with Crippen molar-refractivity contribution in [3.05, 3.63) is 22.8 Å². The highest BCUT2D eigenvalue weighted by Crippen LogP contribution is 2.25. The predicted octanol–water partition coefficient (Wildman–Crippen LogP) is 3.37. The first-order valence-electron chi connectivity index (χ1n) is 3.38. The second kappa shape index (κ2) is 4.23. The van der Waals surface area contributed by atoms with Crippen LogP contribution in [0, 0.1) is 0 Å². The second-order valence-electron chi connectivity index (χ2n) is 2.30. The highest BCUT2D eigenvalue weighted by Gasteiger charge is 2.31. The molecule has 0 amide bonds. The number of hydrogen-bond donors (Lipinski definition) is 0. The van der Waals surface area contributed by atoms with Crippen LogP contribution in [0.4, 0.5) is 13.2 Å². The molecule has 0 unspecified atom stereocenters. The first-order chi connectivity index (χ1) is 6.42. The van der Waals surface area contributed by atoms with E-state index in [-0.39, 0.29) is 10.9 Å². The van der Waals surface area contributed by atoms with E-state index < -0.39 is 12.2 Å². The number of hydrogen-bond acceptors (Lipinski definition) is 2. The Kier molecular flexibility index (Phi) is 3.44. The van der Waals surface area contributed by atoms with Crippen molar-refractivity contribution in [2.24, 2.45) is 0 Å². The molecule has 0 saturated heterocycles. The van der Waals surface area contributed by atoms with Crippen molar-refractivity contribution in [3.8, 4) is 5.88 Å². The number of pyridine rings is 1. The maximum absolute atomic E-state index is 11.7. The van der Waals surface area contributed by atoms with Crippen molar-refractivity contribution in [1.82, 2.24) is 4.98 Å². The zero-order chi connectivity index (χ0) is 10.8. The van der Waals surface area contributed by atoms with Gasteiger partial charge in [0.05, 0.1) is 10.9 Å². The third-order valence-corrected chi connectivity index (χ3v) is 1.91. The molecule has 0 aromatic carbocycles. The molecule has 0 aliphatic rings. The van der Waals surface area contributed by atoms with Gasteiger partial charge in [0.15, 0.2) is 0 Å². The standard InChI is InChI=1S/C7H4Cl2F3NO/c8-2-4-3-13-6(1-5(4)9)14-7(10,11)12/h1,3H,2H2. The van der Waals surface area contributed by atoms with Crippen LogP contribution in [0.5, 0.6) is 5.88 Å². The topological polar surface area (TPSA) is 22.1 Å². The lowest BCUT2D eigenvalue weighted by Gasteiger charge is -2.08. The average molecular weight is 246 g/mol. The van der Waals surface area contributed by atoms with Gasteiger partial charge in [0.25, 0.3) is 0 Å². The van der Waals surface area contributed by atoms with Gasteiger partial charge >= 0.3 is 6.36 Å². The molecular formula is C7H4Cl2F3NO. The van der Waals surface area contributed by atoms with Gasteiger partial charge in [-0.1, -0.05) is 11.6 Å². The van der Waals surface area contributed by atoms with E-state index >= 15 is 0 Å². The summed E-state index contributed by atoms with van der Waals surface area (Å²) in [5.41, 5.74) is 0.447. The molecular weight excluding hydrogens is 242 g/mol. The zero-order valence-electron chi connectivity index (χ0n) is 6.61. The predicted molar refractivity (Wildman–Crippen MR) is 45.5 cm³/mol. The molecule has 0 atom stereocenters. The van der Waals surface area contributed by atoms with Crippen LogP contribution in [0.1, 0.15) is 5.56 Å². The Bertz CT molecular complexity index is 329. The summed E-state index contributed by atoms with van der Waals surface area (Å²) in [5.74, 6) is -0.519. The minimum Gasteiger partial charge on any atom is -0.388 e. The highest BCUT2D eigenvalue weighted by atomic mass is 35.5. The van der Waals surface area contributed by atoms with Gasteiger partial charge in [-0.05, 0) is 0 Å². The van der Waals surface area contributed by atoms with E-state index in [1.165, 1.54) is 0 Å². The fourth-order valence-corrected chi connectivity index (χ4v) is 1.20. The van der Waals surface area contributed by atoms with Crippen LogP contribution in [-0.4, -0.2) is 11.3 Å². The van der Waals surface area contributed by atoms with Gasteiger partial charge in [-0.15, -0.1) is 24.8 Å². The zero-order valence-corrected chi connectivity index (χ0v) is 8.12. The van der Waals surface area contributed by atoms with Gasteiger partial charge in [0.1, 0.15) is 0 Å². The Balaban J connectivity index is 2.87. The summed E-state index contributed by atoms with van der Waals surface area (Å²) in [6.07, 6.45) is -3.63. The molecule has 1 aromatic heterocycles. The Morgan fingerprint density at radius 1 is 1.43 bits per heavy atom. The van der Waals surface area contributed by atoms with Gasteiger partial charge in [-0.25, -0.2) is 4.98 Å². The Morgan fingerprint density at radius 3 is 2.50 bits per heavy atom. The number of halogens is 5. The first kappa shape index (κ1) is 11.4. The SMILES string of the molecule is FC(F)(F)Oc1cc(Cl)c(CCl)cn1. The van der Waals surface area contributed by atoms with Crippen molar-refractivity contribution >= 4 is 23.2 Å². The summed E-state index contributed by atoms with van der Waals surface area (Å²) in [4.78, 5) is 3.38. The second-order valence-corrected chi connectivity index (χ2v) is 2.97. The molecule has 0 spiro atoms. The van der Waals surface area contributed by atoms with E-state index in [0.29, 0.717) is 5.56 Å². The average Bonchev–Trinajstić information content (AvgIpc) is 2.01. The number of aromatic nitrogens is 1. The van der Waals surface area contributed by atoms with Crippen LogP contribution in [0.2, 0.25) is 5.02 Å². The van der Waals surface area contributed by atoms with Gasteiger partial charge < -0.3 is 4.74 Å². The van der Waals surface area contributed by atoms with E-state index in [1.807, 2.05) is 0 Å². The largest absolute Gasteiger partial charge is 0.574 e. The molecule has 1 rings (SSSR count). The van der Waals surface area contributed by atoms with Crippen LogP contribution in [0.25, 0.3) is 0 Å². The van der Waals surface area contributed by atoms with Crippen LogP contribution in [-0.2, 0) is 5.88 Å². The van der Waals surface area contributed by atoms with Crippen molar-refractivity contribution < 1.29 is 17.9 Å². The highest BCUT2D eigenvalue weighted by molar-refractivity contribution is 6.32. The first-order valence-corrected chi connectivity index (χ1v) is 4.30. The van der Waals surface area contributed by atoms with Crippen LogP contribution in [0.15, 0.2) is 12.3 Å². The van der Waals surface area contributed by atoms with Crippen LogP contribution < -0.4 is 4.74 Å². The number of alkyl halides is 4. The Labute approximate surface area is 87.6 Å². The molecule has 0 radical (unpaired) electrons. The summed E-state index contributed by atoms with van der Waals surface area (Å²) >= 11 is 11.0. The molecule has 78 valence electrons. The Hall–Kier alpha value is -0.680. The summed E-state index contributed by atoms with van der Waals surface area (Å²) < 4.78 is 38.7. The van der Waals surface area contributed by atoms with E-state index in [0.717, 1.165) is 12.3 Å². The summed E-state index contributed by atoms with van der Waals surface area (Å²) in [5, 5.41) is 0.0919. The Morgan fingerprint density at radius 2 is 2.07 bits per heavy atom. The van der Waals surface area contributed by atoms with Crippen LogP contribution in [0.3, 0.4) is 0 Å². The third kappa shape index (κ3) is 3.23. The van der Waals surface area contributed by atoms with Crippen molar-refractivity contribution in [1.29, 1.82) is 0 Å². The fourth-order valence-electron chi connectivity index (χ4n) is 0.714. The lowest BCUT2D eigenvalue weighted by Crippen LogP contribution is -2.17. The van der Waals surface area contributed by atoms with Gasteiger partial charge in [0, 0.05) is 17.8 Å². The van der Waals surface area contributed by atoms with Gasteiger partial charge in [-0.2, -0.15) is 0 Å². The van der Waals surface area contributed by atoms with Crippen molar-refractivity contribution in [3.63, 3.8) is 0 Å². The van der Waals surface area contributed by atoms with Gasteiger partial charge in [-0.3, -0.25) is 0 Å². The molecule has 1 aromatic rings. The normalized spacial score (nSPS) is 11.5. The summed E-state index contributed by atoms with van der Waals surface area (Å²) in [7, 11) is 0. The monoisotopic (exact) mass is 245 g/mol. The minimum absolute atomic E-state index is 0.0815. The third-order valence-electron chi connectivity index (χ3n) is 1.27. The quantitative estimate of drug-likeness (QED) is 0.746. The molecule has 0 aliphatic carbocycles. The maximum atomic E-state index is 11.7. The van der Waals surface area contributed by atoms with Crippen LogP contribution >= 0.6 is 23.2 Å². The number of nitrogens with zero attached hydrogens (tertiary/aromatic N) is 1. The lowest BCUT2D eigenvalue weighted by molar-refractivity contribution is -0.276. The lowest BCUT2D eigenvalue weighted by atomic mass is 10.3. The smallest absolute Gasteiger partial charge is 0.388 e. The molecule has 2 nitrogen and oxygen atoms in total. The molecule has 0 aliphatic heterocycles. The molecule has 0 saturated carbocycles. The maximum Gasteiger partial charge on any atom is 0.574 e. The van der Waals surface area contributed by atoms with E-state index in [9.17, 15) is 13.2 Å². The molecule has 7 heteroatoms.